The summed E-state index contributed by atoms with van der Waals surface area (Å²) in [4.78, 5) is 0. The molecule has 0 aliphatic heterocycles. The van der Waals surface area contributed by atoms with E-state index in [0.717, 1.165) is 27.7 Å². The fourth-order valence-corrected chi connectivity index (χ4v) is 2.26. The third kappa shape index (κ3) is 1.75. The van der Waals surface area contributed by atoms with Gasteiger partial charge in [-0.05, 0) is 37.6 Å². The molecule has 0 radical (unpaired) electrons. The monoisotopic (exact) mass is 234 g/mol. The van der Waals surface area contributed by atoms with Crippen LogP contribution in [-0.4, -0.2) is 4.57 Å². The van der Waals surface area contributed by atoms with Crippen molar-refractivity contribution in [2.45, 2.75) is 20.4 Å². The largest absolute Gasteiger partial charge is 0.326 e. The van der Waals surface area contributed by atoms with Crippen LogP contribution in [0.5, 0.6) is 0 Å². The smallest absolute Gasteiger partial charge is 0.0646 e. The van der Waals surface area contributed by atoms with E-state index in [1.165, 1.54) is 0 Å². The second-order valence-electron chi connectivity index (χ2n) is 3.89. The van der Waals surface area contributed by atoms with E-state index in [1.54, 1.807) is 0 Å². The molecule has 0 saturated heterocycles. The second-order valence-corrected chi connectivity index (χ2v) is 4.29. The fraction of sp³-hybridized carbons (Fsp3) is 0.231. The van der Waals surface area contributed by atoms with Gasteiger partial charge in [0.15, 0.2) is 0 Å². The van der Waals surface area contributed by atoms with Crippen molar-refractivity contribution in [2.24, 2.45) is 5.73 Å². The topological polar surface area (TPSA) is 30.9 Å². The number of aryl methyl sites for hydroxylation is 1. The third-order valence-electron chi connectivity index (χ3n) is 2.85. The van der Waals surface area contributed by atoms with Gasteiger partial charge in [-0.3, -0.25) is 0 Å². The lowest BCUT2D eigenvalue weighted by atomic mass is 10.2. The Bertz CT molecular complexity index is 515. The Balaban J connectivity index is 2.65. The number of aromatic nitrogens is 1. The molecule has 0 aliphatic carbocycles. The summed E-state index contributed by atoms with van der Waals surface area (Å²) in [5.41, 5.74) is 10.2. The highest BCUT2D eigenvalue weighted by atomic mass is 35.5. The number of hydrogen-bond acceptors (Lipinski definition) is 1. The van der Waals surface area contributed by atoms with Crippen molar-refractivity contribution in [2.75, 3.05) is 0 Å². The van der Waals surface area contributed by atoms with Crippen LogP contribution < -0.4 is 5.73 Å². The van der Waals surface area contributed by atoms with Gasteiger partial charge in [0.05, 0.1) is 10.7 Å². The standard InChI is InChI=1S/C13H15ClN2/c1-9-7-11(8-15)10(2)16(9)13-6-4-3-5-12(13)14/h3-7H,8,15H2,1-2H3. The molecule has 0 saturated carbocycles. The molecule has 0 bridgehead atoms. The van der Waals surface area contributed by atoms with Crippen LogP contribution in [0.4, 0.5) is 0 Å². The summed E-state index contributed by atoms with van der Waals surface area (Å²) in [5, 5.41) is 0.757. The molecule has 16 heavy (non-hydrogen) atoms. The van der Waals surface area contributed by atoms with E-state index >= 15 is 0 Å². The van der Waals surface area contributed by atoms with Crippen LogP contribution in [0.2, 0.25) is 5.02 Å². The first kappa shape index (κ1) is 11.2. The van der Waals surface area contributed by atoms with E-state index in [-0.39, 0.29) is 0 Å². The SMILES string of the molecule is Cc1cc(CN)c(C)n1-c1ccccc1Cl. The van der Waals surface area contributed by atoms with Crippen LogP contribution in [0.3, 0.4) is 0 Å². The lowest BCUT2D eigenvalue weighted by molar-refractivity contribution is 0.943. The van der Waals surface area contributed by atoms with Crippen LogP contribution in [0.15, 0.2) is 30.3 Å². The molecule has 1 heterocycles. The minimum atomic E-state index is 0.560. The van der Waals surface area contributed by atoms with Gasteiger partial charge in [0, 0.05) is 17.9 Å². The Morgan fingerprint density at radius 2 is 1.94 bits per heavy atom. The maximum Gasteiger partial charge on any atom is 0.0646 e. The third-order valence-corrected chi connectivity index (χ3v) is 3.17. The minimum Gasteiger partial charge on any atom is -0.326 e. The summed E-state index contributed by atoms with van der Waals surface area (Å²) in [6.45, 7) is 4.69. The zero-order valence-electron chi connectivity index (χ0n) is 9.50. The summed E-state index contributed by atoms with van der Waals surface area (Å²) in [7, 11) is 0. The molecule has 0 spiro atoms. The highest BCUT2D eigenvalue weighted by Gasteiger charge is 2.11. The van der Waals surface area contributed by atoms with Gasteiger partial charge in [-0.15, -0.1) is 0 Å². The molecular weight excluding hydrogens is 220 g/mol. The first-order chi connectivity index (χ1) is 7.65. The molecular formula is C13H15ClN2. The zero-order valence-corrected chi connectivity index (χ0v) is 10.3. The predicted molar refractivity (Wildman–Crippen MR) is 68.1 cm³/mol. The van der Waals surface area contributed by atoms with Crippen LogP contribution in [-0.2, 0) is 6.54 Å². The van der Waals surface area contributed by atoms with Gasteiger partial charge in [0.25, 0.3) is 0 Å². The summed E-state index contributed by atoms with van der Waals surface area (Å²) in [6, 6.07) is 9.95. The number of halogens is 1. The Labute approximate surface area is 101 Å². The molecule has 3 heteroatoms. The quantitative estimate of drug-likeness (QED) is 0.850. The molecule has 1 aromatic heterocycles. The number of rotatable bonds is 2. The van der Waals surface area contributed by atoms with Gasteiger partial charge in [-0.2, -0.15) is 0 Å². The van der Waals surface area contributed by atoms with E-state index in [2.05, 4.69) is 24.5 Å². The van der Waals surface area contributed by atoms with Gasteiger partial charge in [0.1, 0.15) is 0 Å². The minimum absolute atomic E-state index is 0.560. The van der Waals surface area contributed by atoms with Crippen LogP contribution in [0.1, 0.15) is 17.0 Å². The molecule has 0 unspecified atom stereocenters. The summed E-state index contributed by atoms with van der Waals surface area (Å²) >= 11 is 6.20. The molecule has 84 valence electrons. The van der Waals surface area contributed by atoms with Gasteiger partial charge < -0.3 is 10.3 Å². The fourth-order valence-electron chi connectivity index (χ4n) is 2.04. The number of benzene rings is 1. The summed E-state index contributed by atoms with van der Waals surface area (Å²) in [6.07, 6.45) is 0. The van der Waals surface area contributed by atoms with Gasteiger partial charge in [0.2, 0.25) is 0 Å². The molecule has 2 rings (SSSR count). The lowest BCUT2D eigenvalue weighted by Crippen LogP contribution is -2.02. The Morgan fingerprint density at radius 3 is 2.50 bits per heavy atom. The van der Waals surface area contributed by atoms with E-state index in [1.807, 2.05) is 24.3 Å². The molecule has 2 nitrogen and oxygen atoms in total. The van der Waals surface area contributed by atoms with Crippen molar-refractivity contribution in [3.63, 3.8) is 0 Å². The van der Waals surface area contributed by atoms with Crippen molar-refractivity contribution >= 4 is 11.6 Å². The van der Waals surface area contributed by atoms with Crippen LogP contribution >= 0.6 is 11.6 Å². The zero-order chi connectivity index (χ0) is 11.7. The van der Waals surface area contributed by atoms with Crippen molar-refractivity contribution in [3.05, 3.63) is 52.3 Å². The van der Waals surface area contributed by atoms with Crippen molar-refractivity contribution in [3.8, 4) is 5.69 Å². The first-order valence-electron chi connectivity index (χ1n) is 5.28. The average molecular weight is 235 g/mol. The molecule has 1 aromatic carbocycles. The lowest BCUT2D eigenvalue weighted by Gasteiger charge is -2.11. The normalized spacial score (nSPS) is 10.8. The van der Waals surface area contributed by atoms with E-state index in [9.17, 15) is 0 Å². The molecule has 0 aliphatic rings. The number of hydrogen-bond donors (Lipinski definition) is 1. The molecule has 0 atom stereocenters. The van der Waals surface area contributed by atoms with Gasteiger partial charge in [-0.25, -0.2) is 0 Å². The van der Waals surface area contributed by atoms with Gasteiger partial charge >= 0.3 is 0 Å². The molecule has 0 fully saturated rings. The van der Waals surface area contributed by atoms with Crippen molar-refractivity contribution in [1.29, 1.82) is 0 Å². The second kappa shape index (κ2) is 4.32. The average Bonchev–Trinajstić information content (AvgIpc) is 2.55. The summed E-state index contributed by atoms with van der Waals surface area (Å²) in [5.74, 6) is 0. The maximum absolute atomic E-state index is 6.20. The van der Waals surface area contributed by atoms with E-state index in [0.29, 0.717) is 6.54 Å². The predicted octanol–water partition coefficient (Wildman–Crippen LogP) is 3.21. The van der Waals surface area contributed by atoms with Crippen LogP contribution in [0, 0.1) is 13.8 Å². The number of nitrogens with two attached hydrogens (primary N) is 1. The first-order valence-corrected chi connectivity index (χ1v) is 5.65. The highest BCUT2D eigenvalue weighted by molar-refractivity contribution is 6.32. The Morgan fingerprint density at radius 1 is 1.25 bits per heavy atom. The highest BCUT2D eigenvalue weighted by Crippen LogP contribution is 2.25. The van der Waals surface area contributed by atoms with Crippen molar-refractivity contribution < 1.29 is 0 Å². The van der Waals surface area contributed by atoms with Crippen molar-refractivity contribution in [1.82, 2.24) is 4.57 Å². The van der Waals surface area contributed by atoms with E-state index < -0.39 is 0 Å². The van der Waals surface area contributed by atoms with Gasteiger partial charge in [-0.1, -0.05) is 23.7 Å². The number of para-hydroxylation sites is 1. The maximum atomic E-state index is 6.20. The van der Waals surface area contributed by atoms with Crippen LogP contribution in [0.25, 0.3) is 5.69 Å². The number of nitrogens with zero attached hydrogens (tertiary/aromatic N) is 1. The summed E-state index contributed by atoms with van der Waals surface area (Å²) < 4.78 is 2.14. The Kier molecular flexibility index (Phi) is 3.03. The van der Waals surface area contributed by atoms with E-state index in [4.69, 9.17) is 17.3 Å². The Hall–Kier alpha value is -1.25. The molecule has 2 aromatic rings. The molecule has 2 N–H and O–H groups in total. The molecule has 0 amide bonds.